The van der Waals surface area contributed by atoms with E-state index in [9.17, 15) is 13.2 Å². The molecule has 1 rings (SSSR count). The van der Waals surface area contributed by atoms with Gasteiger partial charge in [0, 0.05) is 13.2 Å². The Morgan fingerprint density at radius 3 is 2.43 bits per heavy atom. The van der Waals surface area contributed by atoms with E-state index in [4.69, 9.17) is 4.74 Å². The summed E-state index contributed by atoms with van der Waals surface area (Å²) in [5, 5.41) is 2.77. The van der Waals surface area contributed by atoms with Crippen LogP contribution in [0, 0.1) is 13.8 Å². The summed E-state index contributed by atoms with van der Waals surface area (Å²) in [6, 6.07) is 4.48. The number of ether oxygens (including phenoxy) is 1. The summed E-state index contributed by atoms with van der Waals surface area (Å²) in [4.78, 5) is 12.4. The molecule has 0 aliphatic heterocycles. The highest BCUT2D eigenvalue weighted by molar-refractivity contribution is 7.92. The molecule has 0 aliphatic rings. The number of nitrogens with one attached hydrogen (secondary N) is 1. The van der Waals surface area contributed by atoms with Crippen LogP contribution in [0.2, 0.25) is 0 Å². The number of hydrogen-bond acceptors (Lipinski definition) is 4. The van der Waals surface area contributed by atoms with Crippen molar-refractivity contribution in [3.8, 4) is 0 Å². The molecule has 0 unspecified atom stereocenters. The summed E-state index contributed by atoms with van der Waals surface area (Å²) >= 11 is 0. The molecule has 130 valence electrons. The fourth-order valence-corrected chi connectivity index (χ4v) is 3.62. The fourth-order valence-electron chi connectivity index (χ4n) is 2.39. The molecule has 7 heteroatoms. The van der Waals surface area contributed by atoms with E-state index in [-0.39, 0.29) is 11.9 Å². The molecule has 0 saturated carbocycles. The van der Waals surface area contributed by atoms with E-state index in [1.807, 2.05) is 26.0 Å². The molecule has 2 atom stereocenters. The second kappa shape index (κ2) is 7.79. The maximum Gasteiger partial charge on any atom is 0.243 e. The Labute approximate surface area is 138 Å². The largest absolute Gasteiger partial charge is 0.383 e. The first-order valence-corrected chi connectivity index (χ1v) is 9.28. The quantitative estimate of drug-likeness (QED) is 0.817. The van der Waals surface area contributed by atoms with Crippen molar-refractivity contribution < 1.29 is 17.9 Å². The van der Waals surface area contributed by atoms with Crippen LogP contribution in [0.4, 0.5) is 5.69 Å². The van der Waals surface area contributed by atoms with Crippen molar-refractivity contribution in [3.05, 3.63) is 29.3 Å². The van der Waals surface area contributed by atoms with E-state index in [0.717, 1.165) is 17.4 Å². The predicted octanol–water partition coefficient (Wildman–Crippen LogP) is 1.61. The van der Waals surface area contributed by atoms with Gasteiger partial charge in [-0.05, 0) is 44.9 Å². The van der Waals surface area contributed by atoms with Crippen molar-refractivity contribution in [1.82, 2.24) is 5.32 Å². The summed E-state index contributed by atoms with van der Waals surface area (Å²) in [6.07, 6.45) is 1.11. The Morgan fingerprint density at radius 2 is 1.91 bits per heavy atom. The molecular formula is C16H26N2O4S. The zero-order valence-electron chi connectivity index (χ0n) is 14.6. The molecule has 6 nitrogen and oxygen atoms in total. The molecule has 1 amide bonds. The van der Waals surface area contributed by atoms with Crippen LogP contribution < -0.4 is 9.62 Å². The minimum Gasteiger partial charge on any atom is -0.383 e. The number of anilines is 1. The van der Waals surface area contributed by atoms with Crippen LogP contribution in [0.5, 0.6) is 0 Å². The first-order chi connectivity index (χ1) is 10.6. The van der Waals surface area contributed by atoms with Crippen molar-refractivity contribution in [2.75, 3.05) is 24.3 Å². The number of rotatable bonds is 7. The van der Waals surface area contributed by atoms with Gasteiger partial charge in [-0.3, -0.25) is 9.10 Å². The van der Waals surface area contributed by atoms with E-state index >= 15 is 0 Å². The lowest BCUT2D eigenvalue weighted by Crippen LogP contribution is -2.50. The lowest BCUT2D eigenvalue weighted by Gasteiger charge is -2.30. The molecule has 0 fully saturated rings. The summed E-state index contributed by atoms with van der Waals surface area (Å²) in [7, 11) is -2.06. The third kappa shape index (κ3) is 5.21. The molecule has 0 spiro atoms. The van der Waals surface area contributed by atoms with Gasteiger partial charge in [0.05, 0.1) is 18.6 Å². The first kappa shape index (κ1) is 19.4. The lowest BCUT2D eigenvalue weighted by molar-refractivity contribution is -0.122. The van der Waals surface area contributed by atoms with Crippen LogP contribution in [0.15, 0.2) is 18.2 Å². The Morgan fingerprint density at radius 1 is 1.30 bits per heavy atom. The highest BCUT2D eigenvalue weighted by Crippen LogP contribution is 2.26. The second-order valence-corrected chi connectivity index (χ2v) is 7.75. The van der Waals surface area contributed by atoms with Crippen LogP contribution >= 0.6 is 0 Å². The third-order valence-corrected chi connectivity index (χ3v) is 4.72. The molecule has 1 aromatic rings. The van der Waals surface area contributed by atoms with Crippen molar-refractivity contribution in [1.29, 1.82) is 0 Å². The topological polar surface area (TPSA) is 75.7 Å². The molecule has 0 heterocycles. The lowest BCUT2D eigenvalue weighted by atomic mass is 10.1. The number of carbonyl (C=O) groups is 1. The SMILES string of the molecule is COC[C@H](C)NC(=O)[C@H](C)N(c1cc(C)ccc1C)S(C)(=O)=O. The van der Waals surface area contributed by atoms with Gasteiger partial charge in [0.25, 0.3) is 0 Å². The van der Waals surface area contributed by atoms with Gasteiger partial charge in [-0.2, -0.15) is 0 Å². The summed E-state index contributed by atoms with van der Waals surface area (Å²) in [6.45, 7) is 7.45. The van der Waals surface area contributed by atoms with Crippen LogP contribution in [0.3, 0.4) is 0 Å². The zero-order valence-corrected chi connectivity index (χ0v) is 15.4. The fraction of sp³-hybridized carbons (Fsp3) is 0.562. The van der Waals surface area contributed by atoms with Crippen molar-refractivity contribution in [2.45, 2.75) is 39.8 Å². The number of carbonyl (C=O) groups excluding carboxylic acids is 1. The van der Waals surface area contributed by atoms with Gasteiger partial charge in [-0.15, -0.1) is 0 Å². The van der Waals surface area contributed by atoms with Crippen LogP contribution in [-0.4, -0.2) is 46.4 Å². The van der Waals surface area contributed by atoms with E-state index in [2.05, 4.69) is 5.32 Å². The molecule has 1 aromatic carbocycles. The number of aryl methyl sites for hydroxylation is 2. The van der Waals surface area contributed by atoms with Gasteiger partial charge >= 0.3 is 0 Å². The van der Waals surface area contributed by atoms with Gasteiger partial charge in [-0.1, -0.05) is 12.1 Å². The minimum absolute atomic E-state index is 0.199. The summed E-state index contributed by atoms with van der Waals surface area (Å²) in [5.74, 6) is -0.360. The maximum atomic E-state index is 12.4. The zero-order chi connectivity index (χ0) is 17.8. The highest BCUT2D eigenvalue weighted by atomic mass is 32.2. The summed E-state index contributed by atoms with van der Waals surface area (Å²) in [5.41, 5.74) is 2.25. The van der Waals surface area contributed by atoms with E-state index < -0.39 is 16.1 Å². The average Bonchev–Trinajstić information content (AvgIpc) is 2.41. The highest BCUT2D eigenvalue weighted by Gasteiger charge is 2.30. The molecule has 1 N–H and O–H groups in total. The number of benzene rings is 1. The first-order valence-electron chi connectivity index (χ1n) is 7.44. The van der Waals surface area contributed by atoms with Crippen molar-refractivity contribution >= 4 is 21.6 Å². The van der Waals surface area contributed by atoms with Crippen LogP contribution in [0.1, 0.15) is 25.0 Å². The number of amides is 1. The van der Waals surface area contributed by atoms with E-state index in [1.165, 1.54) is 4.31 Å². The van der Waals surface area contributed by atoms with E-state index in [0.29, 0.717) is 12.3 Å². The van der Waals surface area contributed by atoms with Gasteiger partial charge in [0.2, 0.25) is 15.9 Å². The predicted molar refractivity (Wildman–Crippen MR) is 92.2 cm³/mol. The Hall–Kier alpha value is -1.60. The molecule has 0 bridgehead atoms. The monoisotopic (exact) mass is 342 g/mol. The Kier molecular flexibility index (Phi) is 6.58. The number of methoxy groups -OCH3 is 1. The standard InChI is InChI=1S/C16H26N2O4S/c1-11-7-8-12(2)15(9-11)18(23(6,20)21)14(4)16(19)17-13(3)10-22-5/h7-9,13-14H,10H2,1-6H3,(H,17,19)/t13-,14-/m0/s1. The maximum absolute atomic E-state index is 12.4. The molecular weight excluding hydrogens is 316 g/mol. The molecule has 0 saturated heterocycles. The van der Waals surface area contributed by atoms with Crippen molar-refractivity contribution in [2.24, 2.45) is 0 Å². The van der Waals surface area contributed by atoms with E-state index in [1.54, 1.807) is 27.0 Å². The number of sulfonamides is 1. The van der Waals surface area contributed by atoms with Crippen LogP contribution in [-0.2, 0) is 19.6 Å². The Bertz CT molecular complexity index is 658. The number of hydrogen-bond donors (Lipinski definition) is 1. The second-order valence-electron chi connectivity index (χ2n) is 5.89. The van der Waals surface area contributed by atoms with Gasteiger partial charge < -0.3 is 10.1 Å². The van der Waals surface area contributed by atoms with Crippen molar-refractivity contribution in [3.63, 3.8) is 0 Å². The van der Waals surface area contributed by atoms with Gasteiger partial charge in [-0.25, -0.2) is 8.42 Å². The molecule has 0 radical (unpaired) electrons. The Balaban J connectivity index is 3.17. The average molecular weight is 342 g/mol. The molecule has 23 heavy (non-hydrogen) atoms. The summed E-state index contributed by atoms with van der Waals surface area (Å²) < 4.78 is 30.7. The number of nitrogens with zero attached hydrogens (tertiary/aromatic N) is 1. The van der Waals surface area contributed by atoms with Crippen LogP contribution in [0.25, 0.3) is 0 Å². The molecule has 0 aliphatic carbocycles. The normalized spacial score (nSPS) is 14.2. The minimum atomic E-state index is -3.61. The third-order valence-electron chi connectivity index (χ3n) is 3.50. The molecule has 0 aromatic heterocycles. The van der Waals surface area contributed by atoms with Gasteiger partial charge in [0.1, 0.15) is 6.04 Å². The smallest absolute Gasteiger partial charge is 0.243 e. The van der Waals surface area contributed by atoms with Gasteiger partial charge in [0.15, 0.2) is 0 Å².